The van der Waals surface area contributed by atoms with E-state index < -0.39 is 5.82 Å². The lowest BCUT2D eigenvalue weighted by atomic mass is 10.0. The molecule has 4 nitrogen and oxygen atoms in total. The Hall–Kier alpha value is -3.18. The van der Waals surface area contributed by atoms with Crippen molar-refractivity contribution in [1.29, 1.82) is 0 Å². The number of rotatable bonds is 6. The zero-order chi connectivity index (χ0) is 21.8. The normalized spacial score (nSPS) is 15.3. The van der Waals surface area contributed by atoms with E-state index in [0.717, 1.165) is 16.8 Å². The van der Waals surface area contributed by atoms with Gasteiger partial charge in [-0.1, -0.05) is 64.8 Å². The lowest BCUT2D eigenvalue weighted by Gasteiger charge is -2.25. The molecule has 3 aromatic rings. The zero-order valence-electron chi connectivity index (χ0n) is 17.1. The van der Waals surface area contributed by atoms with Crippen LogP contribution in [0.5, 0.6) is 0 Å². The van der Waals surface area contributed by atoms with Crippen molar-refractivity contribution in [1.82, 2.24) is 4.90 Å². The number of aryl methyl sites for hydroxylation is 1. The third kappa shape index (κ3) is 5.30. The Morgan fingerprint density at radius 1 is 1.13 bits per heavy atom. The highest BCUT2D eigenvalue weighted by atomic mass is 35.5. The van der Waals surface area contributed by atoms with Gasteiger partial charge >= 0.3 is 0 Å². The van der Waals surface area contributed by atoms with Crippen LogP contribution in [0.25, 0.3) is 0 Å². The van der Waals surface area contributed by atoms with Gasteiger partial charge in [-0.15, -0.1) is 0 Å². The molecule has 0 aromatic heterocycles. The molecule has 1 aliphatic heterocycles. The minimum atomic E-state index is -0.448. The molecule has 0 aliphatic carbocycles. The van der Waals surface area contributed by atoms with E-state index in [0.29, 0.717) is 30.1 Å². The standard InChI is InChI=1S/C25H22ClFN2O2/c1-17-8-10-19(11-9-17)24-14-23(31-28-24)16-29(15-18-4-2-6-21(26)12-18)25(30)20-5-3-7-22(27)13-20/h2-13,23H,14-16H2,1H3/t23-/m0/s1. The smallest absolute Gasteiger partial charge is 0.254 e. The molecule has 0 bridgehead atoms. The van der Waals surface area contributed by atoms with Crippen LogP contribution in [-0.4, -0.2) is 29.2 Å². The molecule has 0 fully saturated rings. The molecule has 1 atom stereocenters. The van der Waals surface area contributed by atoms with Crippen molar-refractivity contribution < 1.29 is 14.0 Å². The van der Waals surface area contributed by atoms with Gasteiger partial charge in [0, 0.05) is 23.6 Å². The number of amides is 1. The maximum absolute atomic E-state index is 13.7. The van der Waals surface area contributed by atoms with Crippen molar-refractivity contribution in [3.63, 3.8) is 0 Å². The Labute approximate surface area is 185 Å². The van der Waals surface area contributed by atoms with E-state index in [-0.39, 0.29) is 12.0 Å². The quantitative estimate of drug-likeness (QED) is 0.503. The fourth-order valence-corrected chi connectivity index (χ4v) is 3.78. The maximum Gasteiger partial charge on any atom is 0.254 e. The van der Waals surface area contributed by atoms with Gasteiger partial charge in [-0.05, 0) is 48.4 Å². The molecule has 4 rings (SSSR count). The molecule has 1 amide bonds. The highest BCUT2D eigenvalue weighted by Crippen LogP contribution is 2.21. The van der Waals surface area contributed by atoms with Gasteiger partial charge in [-0.2, -0.15) is 0 Å². The number of hydrogen-bond acceptors (Lipinski definition) is 3. The minimum Gasteiger partial charge on any atom is -0.390 e. The average Bonchev–Trinajstić information content (AvgIpc) is 3.22. The molecule has 0 spiro atoms. The Balaban J connectivity index is 1.52. The van der Waals surface area contributed by atoms with Crippen LogP contribution < -0.4 is 0 Å². The highest BCUT2D eigenvalue weighted by Gasteiger charge is 2.27. The highest BCUT2D eigenvalue weighted by molar-refractivity contribution is 6.30. The number of oxime groups is 1. The first kappa shape index (κ1) is 21.1. The van der Waals surface area contributed by atoms with E-state index in [2.05, 4.69) is 5.16 Å². The second-order valence-corrected chi connectivity index (χ2v) is 8.10. The fourth-order valence-electron chi connectivity index (χ4n) is 3.57. The van der Waals surface area contributed by atoms with Gasteiger partial charge in [0.1, 0.15) is 5.82 Å². The van der Waals surface area contributed by atoms with Crippen LogP contribution in [0.1, 0.15) is 33.5 Å². The largest absolute Gasteiger partial charge is 0.390 e. The van der Waals surface area contributed by atoms with Gasteiger partial charge in [0.05, 0.1) is 12.3 Å². The van der Waals surface area contributed by atoms with Crippen molar-refractivity contribution in [3.05, 3.63) is 106 Å². The first-order chi connectivity index (χ1) is 15.0. The summed E-state index contributed by atoms with van der Waals surface area (Å²) in [5.41, 5.74) is 4.21. The van der Waals surface area contributed by atoms with E-state index >= 15 is 0 Å². The molecule has 0 unspecified atom stereocenters. The molecule has 0 radical (unpaired) electrons. The molecule has 0 N–H and O–H groups in total. The van der Waals surface area contributed by atoms with Gasteiger partial charge in [0.25, 0.3) is 5.91 Å². The van der Waals surface area contributed by atoms with Crippen LogP contribution in [-0.2, 0) is 11.4 Å². The maximum atomic E-state index is 13.7. The number of halogens is 2. The second-order valence-electron chi connectivity index (χ2n) is 7.66. The van der Waals surface area contributed by atoms with E-state index in [1.165, 1.54) is 23.8 Å². The van der Waals surface area contributed by atoms with Crippen LogP contribution in [0.2, 0.25) is 5.02 Å². The van der Waals surface area contributed by atoms with Crippen molar-refractivity contribution in [2.75, 3.05) is 6.54 Å². The SMILES string of the molecule is Cc1ccc(C2=NO[C@H](CN(Cc3cccc(Cl)c3)C(=O)c3cccc(F)c3)C2)cc1. The summed E-state index contributed by atoms with van der Waals surface area (Å²) in [6.45, 7) is 2.68. The predicted molar refractivity (Wildman–Crippen MR) is 120 cm³/mol. The third-order valence-corrected chi connectivity index (χ3v) is 5.40. The van der Waals surface area contributed by atoms with Gasteiger partial charge in [-0.3, -0.25) is 4.79 Å². The fraction of sp³-hybridized carbons (Fsp3) is 0.200. The molecule has 1 aliphatic rings. The van der Waals surface area contributed by atoms with Gasteiger partial charge < -0.3 is 9.74 Å². The van der Waals surface area contributed by atoms with Crippen LogP contribution in [0.4, 0.5) is 4.39 Å². The zero-order valence-corrected chi connectivity index (χ0v) is 17.8. The molecular formula is C25H22ClFN2O2. The van der Waals surface area contributed by atoms with Crippen LogP contribution in [0, 0.1) is 12.7 Å². The first-order valence-electron chi connectivity index (χ1n) is 10.1. The first-order valence-corrected chi connectivity index (χ1v) is 10.4. The topological polar surface area (TPSA) is 41.9 Å². The average molecular weight is 437 g/mol. The molecule has 1 heterocycles. The Bertz CT molecular complexity index is 1110. The predicted octanol–water partition coefficient (Wildman–Crippen LogP) is 5.62. The van der Waals surface area contributed by atoms with Gasteiger partial charge in [0.15, 0.2) is 6.10 Å². The number of carbonyl (C=O) groups excluding carboxylic acids is 1. The number of carbonyl (C=O) groups is 1. The lowest BCUT2D eigenvalue weighted by molar-refractivity contribution is 0.0405. The Kier molecular flexibility index (Phi) is 6.33. The minimum absolute atomic E-state index is 0.271. The second kappa shape index (κ2) is 9.31. The molecule has 158 valence electrons. The molecule has 3 aromatic carbocycles. The molecule has 0 saturated carbocycles. The molecule has 31 heavy (non-hydrogen) atoms. The Morgan fingerprint density at radius 2 is 1.90 bits per heavy atom. The van der Waals surface area contributed by atoms with E-state index in [9.17, 15) is 9.18 Å². The van der Waals surface area contributed by atoms with Crippen LogP contribution >= 0.6 is 11.6 Å². The monoisotopic (exact) mass is 436 g/mol. The van der Waals surface area contributed by atoms with Crippen LogP contribution in [0.15, 0.2) is 78.0 Å². The summed E-state index contributed by atoms with van der Waals surface area (Å²) in [7, 11) is 0. The van der Waals surface area contributed by atoms with Gasteiger partial charge in [-0.25, -0.2) is 4.39 Å². The lowest BCUT2D eigenvalue weighted by Crippen LogP contribution is -2.37. The van der Waals surface area contributed by atoms with Gasteiger partial charge in [0.2, 0.25) is 0 Å². The third-order valence-electron chi connectivity index (χ3n) is 5.16. The molecule has 0 saturated heterocycles. The van der Waals surface area contributed by atoms with Crippen molar-refractivity contribution in [3.8, 4) is 0 Å². The number of benzene rings is 3. The summed E-state index contributed by atoms with van der Waals surface area (Å²) in [5.74, 6) is -0.720. The Morgan fingerprint density at radius 3 is 2.65 bits per heavy atom. The summed E-state index contributed by atoms with van der Waals surface area (Å²) in [6, 6.07) is 21.1. The molecular weight excluding hydrogens is 415 g/mol. The van der Waals surface area contributed by atoms with E-state index in [1.807, 2.05) is 49.4 Å². The summed E-state index contributed by atoms with van der Waals surface area (Å²) in [5, 5.41) is 4.83. The summed E-state index contributed by atoms with van der Waals surface area (Å²) in [6.07, 6.45) is 0.305. The van der Waals surface area contributed by atoms with Crippen molar-refractivity contribution in [2.24, 2.45) is 5.16 Å². The van der Waals surface area contributed by atoms with Crippen molar-refractivity contribution >= 4 is 23.2 Å². The summed E-state index contributed by atoms with van der Waals surface area (Å²) in [4.78, 5) is 20.5. The van der Waals surface area contributed by atoms with E-state index in [4.69, 9.17) is 16.4 Å². The summed E-state index contributed by atoms with van der Waals surface area (Å²) >= 11 is 6.12. The van der Waals surface area contributed by atoms with Crippen LogP contribution in [0.3, 0.4) is 0 Å². The number of hydrogen-bond donors (Lipinski definition) is 0. The summed E-state index contributed by atoms with van der Waals surface area (Å²) < 4.78 is 13.7. The number of nitrogens with zero attached hydrogens (tertiary/aromatic N) is 2. The molecule has 6 heteroatoms. The van der Waals surface area contributed by atoms with E-state index in [1.54, 1.807) is 17.0 Å². The van der Waals surface area contributed by atoms with Crippen molar-refractivity contribution in [2.45, 2.75) is 26.0 Å².